The molecule has 4 rings (SSSR count). The summed E-state index contributed by atoms with van der Waals surface area (Å²) < 4.78 is 10.5. The molecule has 0 aliphatic carbocycles. The van der Waals surface area contributed by atoms with Gasteiger partial charge in [0.2, 0.25) is 5.91 Å². The number of nitrogens with one attached hydrogen (secondary N) is 3. The number of benzene rings is 2. The summed E-state index contributed by atoms with van der Waals surface area (Å²) in [6.07, 6.45) is 2.11. The van der Waals surface area contributed by atoms with Gasteiger partial charge < -0.3 is 25.4 Å². The molecular formula is C29H34N4O4S. The van der Waals surface area contributed by atoms with Crippen molar-refractivity contribution in [1.29, 1.82) is 0 Å². The van der Waals surface area contributed by atoms with E-state index in [0.29, 0.717) is 48.1 Å². The molecule has 0 saturated heterocycles. The summed E-state index contributed by atoms with van der Waals surface area (Å²) in [5, 5.41) is 8.86. The van der Waals surface area contributed by atoms with Crippen LogP contribution in [0.4, 0.5) is 17.2 Å². The van der Waals surface area contributed by atoms with Crippen molar-refractivity contribution < 1.29 is 19.1 Å². The topological polar surface area (TPSA) is 102 Å². The van der Waals surface area contributed by atoms with Gasteiger partial charge in [0.15, 0.2) is 0 Å². The van der Waals surface area contributed by atoms with Crippen LogP contribution >= 0.6 is 11.8 Å². The molecule has 1 aliphatic rings. The number of fused-ring (bicyclic) bond motifs is 1. The van der Waals surface area contributed by atoms with Crippen LogP contribution in [0.25, 0.3) is 0 Å². The van der Waals surface area contributed by atoms with E-state index in [0.717, 1.165) is 16.0 Å². The Hall–Kier alpha value is -3.56. The summed E-state index contributed by atoms with van der Waals surface area (Å²) in [4.78, 5) is 31.4. The number of hydrogen-bond donors (Lipinski definition) is 3. The zero-order chi connectivity index (χ0) is 27.3. The Morgan fingerprint density at radius 2 is 1.87 bits per heavy atom. The monoisotopic (exact) mass is 534 g/mol. The van der Waals surface area contributed by atoms with Gasteiger partial charge in [0, 0.05) is 24.7 Å². The smallest absolute Gasteiger partial charge is 0.257 e. The second-order valence-electron chi connectivity index (χ2n) is 10.1. The minimum atomic E-state index is -0.329. The molecule has 0 fully saturated rings. The van der Waals surface area contributed by atoms with E-state index in [1.807, 2.05) is 36.4 Å². The minimum absolute atomic E-state index is 0.0619. The molecule has 38 heavy (non-hydrogen) atoms. The Balaban J connectivity index is 1.44. The van der Waals surface area contributed by atoms with Crippen LogP contribution < -0.4 is 20.7 Å². The Bertz CT molecular complexity index is 1300. The largest absolute Gasteiger partial charge is 0.495 e. The summed E-state index contributed by atoms with van der Waals surface area (Å²) in [6, 6.07) is 15.1. The zero-order valence-corrected chi connectivity index (χ0v) is 23.2. The number of nitrogens with zero attached hydrogens (tertiary/aromatic N) is 1. The van der Waals surface area contributed by atoms with Crippen molar-refractivity contribution in [1.82, 2.24) is 4.98 Å². The highest BCUT2D eigenvalue weighted by molar-refractivity contribution is 8.01. The summed E-state index contributed by atoms with van der Waals surface area (Å²) in [5.74, 6) is 0.932. The molecule has 9 heteroatoms. The lowest BCUT2D eigenvalue weighted by Crippen LogP contribution is -2.25. The molecule has 2 aromatic carbocycles. The fourth-order valence-electron chi connectivity index (χ4n) is 4.11. The molecular weight excluding hydrogens is 500 g/mol. The third kappa shape index (κ3) is 6.46. The first-order valence-electron chi connectivity index (χ1n) is 12.5. The van der Waals surface area contributed by atoms with E-state index in [1.54, 1.807) is 26.4 Å². The van der Waals surface area contributed by atoms with Gasteiger partial charge in [0.1, 0.15) is 11.6 Å². The number of hydrogen-bond acceptors (Lipinski definition) is 7. The molecule has 1 aromatic heterocycles. The standard InChI is InChI=1S/C29H34N4O4S/c1-29(2,3)20-10-11-23(37-5)22(16-20)33-28(35)24-15-18-7-6-8-21(26(18)38-24)32-27(34)19-9-12-25(31-17-19)30-13-14-36-4/h6-12,16-17,24H,13-15H2,1-5H3,(H,30,31)(H,32,34)(H,33,35). The van der Waals surface area contributed by atoms with Gasteiger partial charge in [-0.2, -0.15) is 0 Å². The van der Waals surface area contributed by atoms with Gasteiger partial charge in [-0.25, -0.2) is 4.98 Å². The molecule has 8 nitrogen and oxygen atoms in total. The fourth-order valence-corrected chi connectivity index (χ4v) is 5.37. The summed E-state index contributed by atoms with van der Waals surface area (Å²) >= 11 is 1.46. The van der Waals surface area contributed by atoms with Crippen molar-refractivity contribution in [2.75, 3.05) is 43.3 Å². The van der Waals surface area contributed by atoms with Gasteiger partial charge in [-0.3, -0.25) is 9.59 Å². The average Bonchev–Trinajstić information content (AvgIpc) is 3.34. The Morgan fingerprint density at radius 1 is 1.05 bits per heavy atom. The molecule has 0 bridgehead atoms. The van der Waals surface area contributed by atoms with Crippen molar-refractivity contribution in [3.63, 3.8) is 0 Å². The number of pyridine rings is 1. The molecule has 0 radical (unpaired) electrons. The van der Waals surface area contributed by atoms with Crippen LogP contribution in [-0.2, 0) is 21.4 Å². The van der Waals surface area contributed by atoms with Crippen LogP contribution in [0.2, 0.25) is 0 Å². The van der Waals surface area contributed by atoms with Gasteiger partial charge in [-0.1, -0.05) is 39.0 Å². The maximum atomic E-state index is 13.3. The first kappa shape index (κ1) is 27.5. The predicted octanol–water partition coefficient (Wildman–Crippen LogP) is 5.35. The summed E-state index contributed by atoms with van der Waals surface area (Å²) in [5.41, 5.74) is 3.86. The number of carbonyl (C=O) groups excluding carboxylic acids is 2. The van der Waals surface area contributed by atoms with Crippen molar-refractivity contribution >= 4 is 40.8 Å². The Kier molecular flexibility index (Phi) is 8.58. The summed E-state index contributed by atoms with van der Waals surface area (Å²) in [7, 11) is 3.23. The lowest BCUT2D eigenvalue weighted by Gasteiger charge is -2.21. The molecule has 1 aliphatic heterocycles. The number of thioether (sulfide) groups is 1. The molecule has 1 unspecified atom stereocenters. The molecule has 1 atom stereocenters. The van der Waals surface area contributed by atoms with Gasteiger partial charge in [-0.15, -0.1) is 11.8 Å². The number of methoxy groups -OCH3 is 2. The number of aromatic nitrogens is 1. The van der Waals surface area contributed by atoms with Gasteiger partial charge >= 0.3 is 0 Å². The molecule has 3 aromatic rings. The number of anilines is 3. The van der Waals surface area contributed by atoms with E-state index in [1.165, 1.54) is 18.0 Å². The zero-order valence-electron chi connectivity index (χ0n) is 22.4. The lowest BCUT2D eigenvalue weighted by atomic mass is 9.87. The van der Waals surface area contributed by atoms with Crippen LogP contribution in [-0.4, -0.2) is 49.4 Å². The minimum Gasteiger partial charge on any atom is -0.495 e. The number of amides is 2. The lowest BCUT2D eigenvalue weighted by molar-refractivity contribution is -0.115. The highest BCUT2D eigenvalue weighted by Crippen LogP contribution is 2.43. The van der Waals surface area contributed by atoms with E-state index in [4.69, 9.17) is 9.47 Å². The van der Waals surface area contributed by atoms with Crippen molar-refractivity contribution in [2.45, 2.75) is 42.8 Å². The Morgan fingerprint density at radius 3 is 2.55 bits per heavy atom. The fraction of sp³-hybridized carbons (Fsp3) is 0.345. The van der Waals surface area contributed by atoms with E-state index in [-0.39, 0.29) is 22.5 Å². The van der Waals surface area contributed by atoms with E-state index < -0.39 is 0 Å². The van der Waals surface area contributed by atoms with Gasteiger partial charge in [0.05, 0.1) is 35.9 Å². The second kappa shape index (κ2) is 11.9. The molecule has 2 heterocycles. The van der Waals surface area contributed by atoms with Crippen LogP contribution in [0.1, 0.15) is 42.3 Å². The number of carbonyl (C=O) groups is 2. The third-order valence-corrected chi connectivity index (χ3v) is 7.65. The van der Waals surface area contributed by atoms with Gasteiger partial charge in [0.25, 0.3) is 5.91 Å². The third-order valence-electron chi connectivity index (χ3n) is 6.26. The van der Waals surface area contributed by atoms with Crippen molar-refractivity contribution in [3.05, 3.63) is 71.4 Å². The van der Waals surface area contributed by atoms with Crippen LogP contribution in [0.15, 0.2) is 59.6 Å². The first-order valence-corrected chi connectivity index (χ1v) is 13.4. The maximum Gasteiger partial charge on any atom is 0.257 e. The molecule has 2 amide bonds. The van der Waals surface area contributed by atoms with Gasteiger partial charge in [-0.05, 0) is 53.3 Å². The Labute approximate surface area is 227 Å². The maximum absolute atomic E-state index is 13.3. The summed E-state index contributed by atoms with van der Waals surface area (Å²) in [6.45, 7) is 7.58. The van der Waals surface area contributed by atoms with Crippen molar-refractivity contribution in [3.8, 4) is 5.75 Å². The molecule has 0 saturated carbocycles. The second-order valence-corrected chi connectivity index (χ2v) is 11.3. The molecule has 3 N–H and O–H groups in total. The van der Waals surface area contributed by atoms with E-state index in [9.17, 15) is 9.59 Å². The number of rotatable bonds is 9. The first-order chi connectivity index (χ1) is 18.2. The quantitative estimate of drug-likeness (QED) is 0.318. The normalized spacial score (nSPS) is 14.5. The average molecular weight is 535 g/mol. The van der Waals surface area contributed by atoms with Crippen LogP contribution in [0, 0.1) is 0 Å². The van der Waals surface area contributed by atoms with Crippen molar-refractivity contribution in [2.24, 2.45) is 0 Å². The highest BCUT2D eigenvalue weighted by atomic mass is 32.2. The predicted molar refractivity (Wildman–Crippen MR) is 153 cm³/mol. The van der Waals surface area contributed by atoms with Crippen LogP contribution in [0.5, 0.6) is 5.75 Å². The molecule has 0 spiro atoms. The number of ether oxygens (including phenoxy) is 2. The highest BCUT2D eigenvalue weighted by Gasteiger charge is 2.31. The van der Waals surface area contributed by atoms with E-state index in [2.05, 4.69) is 41.7 Å². The van der Waals surface area contributed by atoms with Crippen LogP contribution in [0.3, 0.4) is 0 Å². The SMILES string of the molecule is COCCNc1ccc(C(=O)Nc2cccc3c2SC(C(=O)Nc2cc(C(C)(C)C)ccc2OC)C3)cn1. The van der Waals surface area contributed by atoms with E-state index >= 15 is 0 Å². The molecule has 200 valence electrons.